The number of carbonyl (C=O) groups is 2. The number of aliphatic hydroxyl groups is 3. The van der Waals surface area contributed by atoms with Crippen molar-refractivity contribution in [2.45, 2.75) is 186 Å². The van der Waals surface area contributed by atoms with E-state index in [0.717, 1.165) is 77.0 Å². The first-order valence-electron chi connectivity index (χ1n) is 22.3. The summed E-state index contributed by atoms with van der Waals surface area (Å²) in [6, 6.07) is 0. The summed E-state index contributed by atoms with van der Waals surface area (Å²) in [4.78, 5) is 43.6. The molecule has 0 saturated heterocycles. The van der Waals surface area contributed by atoms with Gasteiger partial charge in [0.05, 0.1) is 26.4 Å². The number of ether oxygens (including phenoxy) is 2. The Bertz CT molecular complexity index is 1230. The topological polar surface area (TPSA) is 225 Å². The highest BCUT2D eigenvalue weighted by atomic mass is 31.2. The molecule has 0 aliphatic carbocycles. The normalized spacial score (nSPS) is 15.7. The van der Waals surface area contributed by atoms with Crippen molar-refractivity contribution in [2.24, 2.45) is 0 Å². The van der Waals surface area contributed by atoms with E-state index in [1.807, 2.05) is 0 Å². The molecule has 5 N–H and O–H groups in total. The summed E-state index contributed by atoms with van der Waals surface area (Å²) in [7, 11) is -9.56. The predicted molar refractivity (Wildman–Crippen MR) is 233 cm³/mol. The zero-order chi connectivity index (χ0) is 44.6. The Balaban J connectivity index is 3.92. The van der Waals surface area contributed by atoms with E-state index >= 15 is 0 Å². The van der Waals surface area contributed by atoms with Crippen molar-refractivity contribution in [3.05, 3.63) is 36.5 Å². The molecular weight excluding hydrogens is 818 g/mol. The van der Waals surface area contributed by atoms with Crippen LogP contribution in [-0.4, -0.2) is 95.0 Å². The number of phosphoric acid groups is 2. The lowest BCUT2D eigenvalue weighted by atomic mass is 10.1. The van der Waals surface area contributed by atoms with E-state index in [9.17, 15) is 43.8 Å². The van der Waals surface area contributed by atoms with Crippen molar-refractivity contribution >= 4 is 27.6 Å². The van der Waals surface area contributed by atoms with E-state index in [1.54, 1.807) is 0 Å². The number of hydrogen-bond acceptors (Lipinski definition) is 13. The maximum absolute atomic E-state index is 12.1. The molecule has 0 bridgehead atoms. The zero-order valence-corrected chi connectivity index (χ0v) is 38.4. The van der Waals surface area contributed by atoms with Crippen LogP contribution in [0.1, 0.15) is 168 Å². The van der Waals surface area contributed by atoms with Gasteiger partial charge >= 0.3 is 27.6 Å². The standard InChI is InChI=1S/C43H80O15P2/c1-3-5-7-9-11-13-15-16-17-18-19-20-22-24-26-28-30-32-43(48)54-34-40(45)36-56-60(51,52)58-38-41(46)37-57-59(49,50)55-35-39(44)33-53-42(47)31-29-27-25-23-21-14-12-10-8-6-4-2/h10-13,16-17,39-41,44-46H,3-9,14-15,18-38H2,1-2H3,(H,49,50)(H,51,52)/b12-10-,13-11-,17-16-. The molecule has 15 nitrogen and oxygen atoms in total. The number of allylic oxidation sites excluding steroid dienone is 6. The minimum Gasteiger partial charge on any atom is -0.463 e. The number of carbonyl (C=O) groups excluding carboxylic acids is 2. The second-order valence-electron chi connectivity index (χ2n) is 15.1. The highest BCUT2D eigenvalue weighted by Gasteiger charge is 2.28. The monoisotopic (exact) mass is 898 g/mol. The molecule has 0 fully saturated rings. The van der Waals surface area contributed by atoms with Crippen molar-refractivity contribution in [3.63, 3.8) is 0 Å². The van der Waals surface area contributed by atoms with Crippen molar-refractivity contribution < 1.29 is 71.4 Å². The third kappa shape index (κ3) is 41.6. The molecule has 0 spiro atoms. The van der Waals surface area contributed by atoms with Gasteiger partial charge in [0.15, 0.2) is 0 Å². The first kappa shape index (κ1) is 58.3. The second-order valence-corrected chi connectivity index (χ2v) is 18.0. The molecule has 0 heterocycles. The molecule has 0 saturated carbocycles. The molecular formula is C43H80O15P2. The first-order chi connectivity index (χ1) is 28.8. The molecule has 0 radical (unpaired) electrons. The predicted octanol–water partition coefficient (Wildman–Crippen LogP) is 9.49. The lowest BCUT2D eigenvalue weighted by Gasteiger charge is -2.19. The average molecular weight is 899 g/mol. The molecule has 5 atom stereocenters. The summed E-state index contributed by atoms with van der Waals surface area (Å²) in [5.41, 5.74) is 0. The number of unbranched alkanes of at least 4 members (excludes halogenated alkanes) is 17. The molecule has 0 aliphatic heterocycles. The number of hydrogen-bond donors (Lipinski definition) is 5. The minimum atomic E-state index is -4.78. The van der Waals surface area contributed by atoms with Gasteiger partial charge in [0.1, 0.15) is 31.5 Å². The van der Waals surface area contributed by atoms with Crippen molar-refractivity contribution in [3.8, 4) is 0 Å². The van der Waals surface area contributed by atoms with Gasteiger partial charge in [0.25, 0.3) is 0 Å². The molecule has 60 heavy (non-hydrogen) atoms. The van der Waals surface area contributed by atoms with Crippen LogP contribution in [0.2, 0.25) is 0 Å². The molecule has 0 aromatic heterocycles. The van der Waals surface area contributed by atoms with Gasteiger partial charge in [0, 0.05) is 12.8 Å². The van der Waals surface area contributed by atoms with Crippen LogP contribution in [0.3, 0.4) is 0 Å². The van der Waals surface area contributed by atoms with Crippen molar-refractivity contribution in [1.29, 1.82) is 0 Å². The fourth-order valence-electron chi connectivity index (χ4n) is 5.52. The summed E-state index contributed by atoms with van der Waals surface area (Å²) in [5.74, 6) is -1.01. The van der Waals surface area contributed by atoms with Crippen molar-refractivity contribution in [2.75, 3.05) is 39.6 Å². The number of esters is 2. The lowest BCUT2D eigenvalue weighted by Crippen LogP contribution is -2.25. The minimum absolute atomic E-state index is 0.186. The molecule has 0 aliphatic rings. The van der Waals surface area contributed by atoms with E-state index in [4.69, 9.17) is 9.47 Å². The first-order valence-corrected chi connectivity index (χ1v) is 25.3. The van der Waals surface area contributed by atoms with Gasteiger partial charge in [0.2, 0.25) is 0 Å². The Morgan fingerprint density at radius 3 is 1.12 bits per heavy atom. The number of rotatable bonds is 43. The van der Waals surface area contributed by atoms with Crippen LogP contribution in [0.5, 0.6) is 0 Å². The van der Waals surface area contributed by atoms with Crippen LogP contribution >= 0.6 is 15.6 Å². The van der Waals surface area contributed by atoms with E-state index in [-0.39, 0.29) is 12.8 Å². The fourth-order valence-corrected chi connectivity index (χ4v) is 7.11. The number of phosphoric ester groups is 2. The maximum atomic E-state index is 12.1. The van der Waals surface area contributed by atoms with Crippen LogP contribution in [-0.2, 0) is 46.3 Å². The summed E-state index contributed by atoms with van der Waals surface area (Å²) in [6.07, 6.45) is 32.8. The zero-order valence-electron chi connectivity index (χ0n) is 36.6. The largest absolute Gasteiger partial charge is 0.472 e. The molecule has 0 amide bonds. The Morgan fingerprint density at radius 1 is 0.433 bits per heavy atom. The lowest BCUT2D eigenvalue weighted by molar-refractivity contribution is -0.148. The third-order valence-electron chi connectivity index (χ3n) is 9.07. The summed E-state index contributed by atoms with van der Waals surface area (Å²) >= 11 is 0. The van der Waals surface area contributed by atoms with Crippen molar-refractivity contribution in [1.82, 2.24) is 0 Å². The molecule has 5 unspecified atom stereocenters. The number of aliphatic hydroxyl groups excluding tert-OH is 3. The van der Waals surface area contributed by atoms with Crippen LogP contribution in [0, 0.1) is 0 Å². The van der Waals surface area contributed by atoms with Gasteiger partial charge in [-0.2, -0.15) is 0 Å². The fraction of sp³-hybridized carbons (Fsp3) is 0.814. The molecule has 17 heteroatoms. The van der Waals surface area contributed by atoms with E-state index in [2.05, 4.69) is 68.4 Å². The van der Waals surface area contributed by atoms with Gasteiger partial charge in [-0.05, 0) is 64.2 Å². The maximum Gasteiger partial charge on any atom is 0.472 e. The van der Waals surface area contributed by atoms with E-state index < -0.39 is 85.5 Å². The Hall–Kier alpha value is -1.74. The van der Waals surface area contributed by atoms with E-state index in [0.29, 0.717) is 12.8 Å². The second kappa shape index (κ2) is 40.1. The third-order valence-corrected chi connectivity index (χ3v) is 11.0. The summed E-state index contributed by atoms with van der Waals surface area (Å²) in [6.45, 7) is 0.322. The highest BCUT2D eigenvalue weighted by molar-refractivity contribution is 7.47. The van der Waals surface area contributed by atoms with E-state index in [1.165, 1.54) is 51.4 Å². The van der Waals surface area contributed by atoms with Gasteiger partial charge in [-0.25, -0.2) is 9.13 Å². The molecule has 0 rings (SSSR count). The smallest absolute Gasteiger partial charge is 0.463 e. The van der Waals surface area contributed by atoms with Gasteiger partial charge in [-0.3, -0.25) is 27.7 Å². The van der Waals surface area contributed by atoms with Crippen LogP contribution < -0.4 is 0 Å². The summed E-state index contributed by atoms with van der Waals surface area (Å²) in [5, 5.41) is 29.9. The van der Waals surface area contributed by atoms with Crippen LogP contribution in [0.15, 0.2) is 36.5 Å². The SMILES string of the molecule is CCCC/C=C\CCCCCCCC(=O)OCC(O)COP(=O)(O)OCC(O)COP(=O)(O)OCC(O)COC(=O)CCCCCCCCC/C=C\C/C=C\CCCCC. The van der Waals surface area contributed by atoms with Gasteiger partial charge < -0.3 is 34.6 Å². The summed E-state index contributed by atoms with van der Waals surface area (Å²) < 4.78 is 52.8. The van der Waals surface area contributed by atoms with Crippen LogP contribution in [0.4, 0.5) is 0 Å². The van der Waals surface area contributed by atoms with Gasteiger partial charge in [-0.15, -0.1) is 0 Å². The molecule has 352 valence electrons. The molecule has 0 aromatic rings. The van der Waals surface area contributed by atoms with Crippen LogP contribution in [0.25, 0.3) is 0 Å². The Morgan fingerprint density at radius 2 is 0.733 bits per heavy atom. The average Bonchev–Trinajstić information content (AvgIpc) is 3.22. The molecule has 0 aromatic carbocycles. The van der Waals surface area contributed by atoms with Gasteiger partial charge in [-0.1, -0.05) is 127 Å². The Kier molecular flexibility index (Phi) is 38.9. The quantitative estimate of drug-likeness (QED) is 0.0166. The Labute approximate surface area is 360 Å². The highest BCUT2D eigenvalue weighted by Crippen LogP contribution is 2.45.